The lowest BCUT2D eigenvalue weighted by Crippen LogP contribution is -2.21. The van der Waals surface area contributed by atoms with E-state index in [1.807, 2.05) is 43.3 Å². The van der Waals surface area contributed by atoms with Crippen molar-refractivity contribution < 1.29 is 4.79 Å². The second-order valence-electron chi connectivity index (χ2n) is 5.27. The molecule has 1 amide bonds. The standard InChI is InChI=1S/C18H22N2O/c1-14-7-9-17(10-8-14)20-18(21)11-12-19-13-16-6-4-3-5-15(16)2/h3-10,19H,11-13H2,1-2H3,(H,20,21). The Kier molecular flexibility index (Phi) is 5.52. The number of carbonyl (C=O) groups is 1. The van der Waals surface area contributed by atoms with Crippen LogP contribution in [-0.2, 0) is 11.3 Å². The summed E-state index contributed by atoms with van der Waals surface area (Å²) in [6.07, 6.45) is 0.472. The van der Waals surface area contributed by atoms with Crippen molar-refractivity contribution in [2.45, 2.75) is 26.8 Å². The molecule has 0 atom stereocenters. The van der Waals surface area contributed by atoms with E-state index in [0.29, 0.717) is 13.0 Å². The van der Waals surface area contributed by atoms with Gasteiger partial charge in [0.2, 0.25) is 5.91 Å². The summed E-state index contributed by atoms with van der Waals surface area (Å²) in [5, 5.41) is 6.21. The number of benzene rings is 2. The average Bonchev–Trinajstić information content (AvgIpc) is 2.48. The minimum atomic E-state index is 0.0381. The summed E-state index contributed by atoms with van der Waals surface area (Å²) >= 11 is 0. The van der Waals surface area contributed by atoms with Crippen LogP contribution in [0.15, 0.2) is 48.5 Å². The normalized spacial score (nSPS) is 10.4. The molecular weight excluding hydrogens is 260 g/mol. The molecule has 0 aromatic heterocycles. The number of nitrogens with one attached hydrogen (secondary N) is 2. The lowest BCUT2D eigenvalue weighted by Gasteiger charge is -2.08. The fourth-order valence-corrected chi connectivity index (χ4v) is 2.09. The van der Waals surface area contributed by atoms with E-state index in [4.69, 9.17) is 0 Å². The molecule has 3 heteroatoms. The highest BCUT2D eigenvalue weighted by molar-refractivity contribution is 5.90. The summed E-state index contributed by atoms with van der Waals surface area (Å²) < 4.78 is 0. The van der Waals surface area contributed by atoms with E-state index in [9.17, 15) is 4.79 Å². The highest BCUT2D eigenvalue weighted by Crippen LogP contribution is 2.09. The molecule has 2 N–H and O–H groups in total. The minimum Gasteiger partial charge on any atom is -0.326 e. The van der Waals surface area contributed by atoms with Crippen LogP contribution in [0.4, 0.5) is 5.69 Å². The Hall–Kier alpha value is -2.13. The molecule has 110 valence electrons. The second kappa shape index (κ2) is 7.60. The first-order valence-corrected chi connectivity index (χ1v) is 7.27. The minimum absolute atomic E-state index is 0.0381. The van der Waals surface area contributed by atoms with Crippen molar-refractivity contribution in [1.29, 1.82) is 0 Å². The van der Waals surface area contributed by atoms with Gasteiger partial charge in [0.1, 0.15) is 0 Å². The van der Waals surface area contributed by atoms with Crippen molar-refractivity contribution in [3.05, 3.63) is 65.2 Å². The Labute approximate surface area is 126 Å². The molecule has 0 aliphatic rings. The molecule has 2 aromatic rings. The highest BCUT2D eigenvalue weighted by atomic mass is 16.1. The van der Waals surface area contributed by atoms with Gasteiger partial charge in [-0.1, -0.05) is 42.0 Å². The van der Waals surface area contributed by atoms with E-state index < -0.39 is 0 Å². The molecule has 0 heterocycles. The Morgan fingerprint density at radius 1 is 1.00 bits per heavy atom. The van der Waals surface area contributed by atoms with Crippen LogP contribution < -0.4 is 10.6 Å². The molecule has 0 fully saturated rings. The summed E-state index contributed by atoms with van der Waals surface area (Å²) in [5.74, 6) is 0.0381. The number of rotatable bonds is 6. The third kappa shape index (κ3) is 5.04. The summed E-state index contributed by atoms with van der Waals surface area (Å²) in [6.45, 7) is 5.60. The van der Waals surface area contributed by atoms with Crippen LogP contribution in [0.1, 0.15) is 23.1 Å². The molecule has 2 rings (SSSR count). The number of amides is 1. The molecule has 3 nitrogen and oxygen atoms in total. The van der Waals surface area contributed by atoms with Crippen molar-refractivity contribution >= 4 is 11.6 Å². The second-order valence-corrected chi connectivity index (χ2v) is 5.27. The number of hydrogen-bond acceptors (Lipinski definition) is 2. The van der Waals surface area contributed by atoms with Crippen LogP contribution in [0.5, 0.6) is 0 Å². The van der Waals surface area contributed by atoms with Gasteiger partial charge >= 0.3 is 0 Å². The molecule has 0 bridgehead atoms. The highest BCUT2D eigenvalue weighted by Gasteiger charge is 2.02. The molecular formula is C18H22N2O. The fraction of sp³-hybridized carbons (Fsp3) is 0.278. The quantitative estimate of drug-likeness (QED) is 0.797. The molecule has 2 aromatic carbocycles. The van der Waals surface area contributed by atoms with E-state index >= 15 is 0 Å². The van der Waals surface area contributed by atoms with E-state index in [2.05, 4.69) is 29.7 Å². The average molecular weight is 282 g/mol. The number of anilines is 1. The summed E-state index contributed by atoms with van der Waals surface area (Å²) in [5.41, 5.74) is 4.59. The van der Waals surface area contributed by atoms with Gasteiger partial charge in [-0.05, 0) is 37.1 Å². The van der Waals surface area contributed by atoms with Crippen molar-refractivity contribution in [3.63, 3.8) is 0 Å². The predicted octanol–water partition coefficient (Wildman–Crippen LogP) is 3.42. The summed E-state index contributed by atoms with van der Waals surface area (Å²) in [4.78, 5) is 11.8. The number of carbonyl (C=O) groups excluding carboxylic acids is 1. The predicted molar refractivity (Wildman–Crippen MR) is 87.3 cm³/mol. The maximum absolute atomic E-state index is 11.8. The summed E-state index contributed by atoms with van der Waals surface area (Å²) in [7, 11) is 0. The SMILES string of the molecule is Cc1ccc(NC(=O)CCNCc2ccccc2C)cc1. The number of hydrogen-bond donors (Lipinski definition) is 2. The largest absolute Gasteiger partial charge is 0.326 e. The van der Waals surface area contributed by atoms with E-state index in [1.54, 1.807) is 0 Å². The molecule has 0 saturated heterocycles. The van der Waals surface area contributed by atoms with Gasteiger partial charge < -0.3 is 10.6 Å². The van der Waals surface area contributed by atoms with Gasteiger partial charge in [0.05, 0.1) is 0 Å². The molecule has 0 aliphatic carbocycles. The van der Waals surface area contributed by atoms with Gasteiger partial charge in [-0.15, -0.1) is 0 Å². The topological polar surface area (TPSA) is 41.1 Å². The van der Waals surface area contributed by atoms with Gasteiger partial charge in [0.15, 0.2) is 0 Å². The van der Waals surface area contributed by atoms with Gasteiger partial charge in [-0.2, -0.15) is 0 Å². The van der Waals surface area contributed by atoms with E-state index in [0.717, 1.165) is 12.2 Å². The van der Waals surface area contributed by atoms with Crippen LogP contribution in [-0.4, -0.2) is 12.5 Å². The lowest BCUT2D eigenvalue weighted by atomic mass is 10.1. The van der Waals surface area contributed by atoms with Crippen LogP contribution in [0, 0.1) is 13.8 Å². The first-order valence-electron chi connectivity index (χ1n) is 7.27. The van der Waals surface area contributed by atoms with Gasteiger partial charge in [-0.25, -0.2) is 0 Å². The van der Waals surface area contributed by atoms with Crippen LogP contribution >= 0.6 is 0 Å². The van der Waals surface area contributed by atoms with Gasteiger partial charge in [0, 0.05) is 25.2 Å². The van der Waals surface area contributed by atoms with E-state index in [-0.39, 0.29) is 5.91 Å². The number of aryl methyl sites for hydroxylation is 2. The Morgan fingerprint density at radius 2 is 1.71 bits per heavy atom. The Bertz CT molecular complexity index is 590. The van der Waals surface area contributed by atoms with Crippen molar-refractivity contribution in [2.24, 2.45) is 0 Å². The zero-order chi connectivity index (χ0) is 15.1. The van der Waals surface area contributed by atoms with Crippen molar-refractivity contribution in [1.82, 2.24) is 5.32 Å². The molecule has 0 radical (unpaired) electrons. The maximum atomic E-state index is 11.8. The summed E-state index contributed by atoms with van der Waals surface area (Å²) in [6, 6.07) is 16.1. The Balaban J connectivity index is 1.70. The van der Waals surface area contributed by atoms with E-state index in [1.165, 1.54) is 16.7 Å². The van der Waals surface area contributed by atoms with Gasteiger partial charge in [0.25, 0.3) is 0 Å². The zero-order valence-electron chi connectivity index (χ0n) is 12.6. The monoisotopic (exact) mass is 282 g/mol. The smallest absolute Gasteiger partial charge is 0.225 e. The lowest BCUT2D eigenvalue weighted by molar-refractivity contribution is -0.116. The van der Waals surface area contributed by atoms with Crippen molar-refractivity contribution in [2.75, 3.05) is 11.9 Å². The molecule has 21 heavy (non-hydrogen) atoms. The fourth-order valence-electron chi connectivity index (χ4n) is 2.09. The first-order chi connectivity index (χ1) is 10.1. The van der Waals surface area contributed by atoms with Crippen LogP contribution in [0.25, 0.3) is 0 Å². The first kappa shape index (κ1) is 15.3. The third-order valence-corrected chi connectivity index (χ3v) is 3.44. The molecule has 0 unspecified atom stereocenters. The Morgan fingerprint density at radius 3 is 2.43 bits per heavy atom. The van der Waals surface area contributed by atoms with Crippen LogP contribution in [0.2, 0.25) is 0 Å². The molecule has 0 saturated carbocycles. The molecule has 0 spiro atoms. The van der Waals surface area contributed by atoms with Crippen molar-refractivity contribution in [3.8, 4) is 0 Å². The van der Waals surface area contributed by atoms with Crippen LogP contribution in [0.3, 0.4) is 0 Å². The molecule has 0 aliphatic heterocycles. The third-order valence-electron chi connectivity index (χ3n) is 3.44. The maximum Gasteiger partial charge on any atom is 0.225 e. The zero-order valence-corrected chi connectivity index (χ0v) is 12.6. The van der Waals surface area contributed by atoms with Gasteiger partial charge in [-0.3, -0.25) is 4.79 Å².